The van der Waals surface area contributed by atoms with Gasteiger partial charge in [0.1, 0.15) is 0 Å². The molecule has 0 aliphatic carbocycles. The predicted molar refractivity (Wildman–Crippen MR) is 77.7 cm³/mol. The van der Waals surface area contributed by atoms with Gasteiger partial charge in [0.2, 0.25) is 11.9 Å². The first kappa shape index (κ1) is 12.7. The van der Waals surface area contributed by atoms with Crippen LogP contribution in [-0.4, -0.2) is 35.2 Å². The monoisotopic (exact) mass is 271 g/mol. The van der Waals surface area contributed by atoms with Gasteiger partial charge < -0.3 is 15.0 Å². The molecule has 1 aliphatic heterocycles. The third kappa shape index (κ3) is 2.03. The van der Waals surface area contributed by atoms with Crippen LogP contribution >= 0.6 is 0 Å². The molecule has 0 fully saturated rings. The molecule has 3 rings (SSSR count). The van der Waals surface area contributed by atoms with Gasteiger partial charge in [-0.15, -0.1) is 0 Å². The lowest BCUT2D eigenvalue weighted by Gasteiger charge is -2.22. The van der Waals surface area contributed by atoms with Crippen molar-refractivity contribution in [1.82, 2.24) is 15.0 Å². The second kappa shape index (κ2) is 4.96. The minimum absolute atomic E-state index is 0.309. The summed E-state index contributed by atoms with van der Waals surface area (Å²) in [6.45, 7) is 2.16. The molecule has 0 saturated heterocycles. The summed E-state index contributed by atoms with van der Waals surface area (Å²) in [5, 5.41) is 2.94. The van der Waals surface area contributed by atoms with Gasteiger partial charge in [0, 0.05) is 18.8 Å². The van der Waals surface area contributed by atoms with E-state index in [0.717, 1.165) is 12.1 Å². The highest BCUT2D eigenvalue weighted by Gasteiger charge is 2.29. The number of aromatic nitrogens is 3. The number of methoxy groups -OCH3 is 1. The molecule has 2 aromatic rings. The number of rotatable bonds is 3. The molecule has 2 heterocycles. The molecule has 0 radical (unpaired) electrons. The van der Waals surface area contributed by atoms with Crippen LogP contribution in [0.1, 0.15) is 12.5 Å². The summed E-state index contributed by atoms with van der Waals surface area (Å²) >= 11 is 0. The fourth-order valence-electron chi connectivity index (χ4n) is 2.53. The molecule has 20 heavy (non-hydrogen) atoms. The Labute approximate surface area is 117 Å². The lowest BCUT2D eigenvalue weighted by atomic mass is 10.1. The van der Waals surface area contributed by atoms with Crippen LogP contribution < -0.4 is 15.0 Å². The molecule has 6 nitrogen and oxygen atoms in total. The molecule has 0 saturated carbocycles. The van der Waals surface area contributed by atoms with Gasteiger partial charge >= 0.3 is 6.01 Å². The number of ether oxygens (including phenoxy) is 1. The van der Waals surface area contributed by atoms with E-state index in [2.05, 4.69) is 50.3 Å². The van der Waals surface area contributed by atoms with E-state index in [1.807, 2.05) is 6.07 Å². The van der Waals surface area contributed by atoms with Crippen LogP contribution in [0.25, 0.3) is 0 Å². The van der Waals surface area contributed by atoms with Crippen LogP contribution in [0.5, 0.6) is 6.01 Å². The normalized spacial score (nSPS) is 16.9. The molecular formula is C14H17N5O. The van der Waals surface area contributed by atoms with Crippen molar-refractivity contribution in [2.45, 2.75) is 19.4 Å². The van der Waals surface area contributed by atoms with Gasteiger partial charge in [0.15, 0.2) is 0 Å². The van der Waals surface area contributed by atoms with E-state index in [-0.39, 0.29) is 0 Å². The molecule has 1 N–H and O–H groups in total. The minimum atomic E-state index is 0.309. The number of nitrogens with zero attached hydrogens (tertiary/aromatic N) is 4. The number of para-hydroxylation sites is 1. The maximum Gasteiger partial charge on any atom is 0.322 e. The van der Waals surface area contributed by atoms with Gasteiger partial charge in [-0.2, -0.15) is 15.0 Å². The standard InChI is InChI=1S/C14H17N5O/c1-9-8-10-6-4-5-7-11(10)19(9)13-16-12(15-2)17-14(18-13)20-3/h4-7,9H,8H2,1-3H3,(H,15,16,17,18). The summed E-state index contributed by atoms with van der Waals surface area (Å²) < 4.78 is 5.15. The summed E-state index contributed by atoms with van der Waals surface area (Å²) in [6.07, 6.45) is 0.985. The number of hydrogen-bond donors (Lipinski definition) is 1. The highest BCUT2D eigenvalue weighted by atomic mass is 16.5. The van der Waals surface area contributed by atoms with Gasteiger partial charge in [-0.25, -0.2) is 0 Å². The van der Waals surface area contributed by atoms with E-state index in [9.17, 15) is 0 Å². The number of benzene rings is 1. The molecular weight excluding hydrogens is 254 g/mol. The first-order valence-corrected chi connectivity index (χ1v) is 6.58. The molecule has 1 atom stereocenters. The molecule has 6 heteroatoms. The van der Waals surface area contributed by atoms with Crippen molar-refractivity contribution >= 4 is 17.6 Å². The lowest BCUT2D eigenvalue weighted by molar-refractivity contribution is 0.379. The van der Waals surface area contributed by atoms with Crippen LogP contribution in [0.2, 0.25) is 0 Å². The van der Waals surface area contributed by atoms with Crippen molar-refractivity contribution in [2.75, 3.05) is 24.4 Å². The molecule has 104 valence electrons. The molecule has 1 aromatic heterocycles. The Bertz CT molecular complexity index is 608. The predicted octanol–water partition coefficient (Wildman–Crippen LogP) is 2.00. The van der Waals surface area contributed by atoms with Gasteiger partial charge in [0.25, 0.3) is 0 Å². The third-order valence-corrected chi connectivity index (χ3v) is 3.43. The number of hydrogen-bond acceptors (Lipinski definition) is 6. The maximum atomic E-state index is 5.15. The summed E-state index contributed by atoms with van der Waals surface area (Å²) in [5.41, 5.74) is 2.46. The highest BCUT2D eigenvalue weighted by molar-refractivity contribution is 5.67. The Hall–Kier alpha value is -2.37. The number of anilines is 3. The Morgan fingerprint density at radius 3 is 2.80 bits per heavy atom. The zero-order valence-corrected chi connectivity index (χ0v) is 11.8. The second-order valence-corrected chi connectivity index (χ2v) is 4.75. The smallest absolute Gasteiger partial charge is 0.322 e. The van der Waals surface area contributed by atoms with E-state index in [1.165, 1.54) is 5.56 Å². The largest absolute Gasteiger partial charge is 0.467 e. The van der Waals surface area contributed by atoms with Gasteiger partial charge in [-0.1, -0.05) is 18.2 Å². The lowest BCUT2D eigenvalue weighted by Crippen LogP contribution is -2.26. The minimum Gasteiger partial charge on any atom is -0.467 e. The van der Waals surface area contributed by atoms with Crippen molar-refractivity contribution < 1.29 is 4.74 Å². The first-order chi connectivity index (χ1) is 9.72. The van der Waals surface area contributed by atoms with Crippen LogP contribution in [0.15, 0.2) is 24.3 Å². The van der Waals surface area contributed by atoms with Gasteiger partial charge in [0.05, 0.1) is 7.11 Å². The average Bonchev–Trinajstić information content (AvgIpc) is 2.82. The molecule has 0 amide bonds. The quantitative estimate of drug-likeness (QED) is 0.921. The Balaban J connectivity index is 2.08. The first-order valence-electron chi connectivity index (χ1n) is 6.58. The van der Waals surface area contributed by atoms with Gasteiger partial charge in [-0.05, 0) is 25.0 Å². The Morgan fingerprint density at radius 1 is 1.25 bits per heavy atom. The van der Waals surface area contributed by atoms with Crippen molar-refractivity contribution in [1.29, 1.82) is 0 Å². The molecule has 1 unspecified atom stereocenters. The molecule has 1 aliphatic rings. The zero-order chi connectivity index (χ0) is 14.1. The summed E-state index contributed by atoms with van der Waals surface area (Å²) in [5.74, 6) is 1.11. The van der Waals surface area contributed by atoms with Crippen LogP contribution in [0, 0.1) is 0 Å². The van der Waals surface area contributed by atoms with E-state index >= 15 is 0 Å². The SMILES string of the molecule is CNc1nc(OC)nc(N2c3ccccc3CC2C)n1. The van der Waals surface area contributed by atoms with Crippen molar-refractivity contribution in [3.63, 3.8) is 0 Å². The topological polar surface area (TPSA) is 63.2 Å². The van der Waals surface area contributed by atoms with Crippen LogP contribution in [-0.2, 0) is 6.42 Å². The highest BCUT2D eigenvalue weighted by Crippen LogP contribution is 2.36. The van der Waals surface area contributed by atoms with E-state index in [0.29, 0.717) is 23.9 Å². The molecule has 0 spiro atoms. The number of fused-ring (bicyclic) bond motifs is 1. The summed E-state index contributed by atoms with van der Waals surface area (Å²) in [6, 6.07) is 8.95. The second-order valence-electron chi connectivity index (χ2n) is 4.75. The summed E-state index contributed by atoms with van der Waals surface area (Å²) in [4.78, 5) is 15.1. The fraction of sp³-hybridized carbons (Fsp3) is 0.357. The average molecular weight is 271 g/mol. The fourth-order valence-corrected chi connectivity index (χ4v) is 2.53. The molecule has 0 bridgehead atoms. The third-order valence-electron chi connectivity index (χ3n) is 3.43. The van der Waals surface area contributed by atoms with Crippen molar-refractivity contribution in [3.8, 4) is 6.01 Å². The van der Waals surface area contributed by atoms with Crippen LogP contribution in [0.3, 0.4) is 0 Å². The summed E-state index contributed by atoms with van der Waals surface area (Å²) in [7, 11) is 3.33. The van der Waals surface area contributed by atoms with E-state index in [4.69, 9.17) is 4.74 Å². The van der Waals surface area contributed by atoms with E-state index < -0.39 is 0 Å². The van der Waals surface area contributed by atoms with Crippen molar-refractivity contribution in [2.24, 2.45) is 0 Å². The molecule has 1 aromatic carbocycles. The Kier molecular flexibility index (Phi) is 3.14. The Morgan fingerprint density at radius 2 is 2.05 bits per heavy atom. The maximum absolute atomic E-state index is 5.15. The van der Waals surface area contributed by atoms with Gasteiger partial charge in [-0.3, -0.25) is 0 Å². The number of nitrogens with one attached hydrogen (secondary N) is 1. The zero-order valence-electron chi connectivity index (χ0n) is 11.8. The van der Waals surface area contributed by atoms with Crippen molar-refractivity contribution in [3.05, 3.63) is 29.8 Å². The van der Waals surface area contributed by atoms with E-state index in [1.54, 1.807) is 14.2 Å². The van der Waals surface area contributed by atoms with Crippen LogP contribution in [0.4, 0.5) is 17.6 Å².